The van der Waals surface area contributed by atoms with Crippen LogP contribution in [-0.4, -0.2) is 31.9 Å². The van der Waals surface area contributed by atoms with Gasteiger partial charge >= 0.3 is 5.95 Å². The van der Waals surface area contributed by atoms with E-state index in [1.807, 2.05) is 30.3 Å². The van der Waals surface area contributed by atoms with Crippen LogP contribution in [0.1, 0.15) is 28.1 Å². The van der Waals surface area contributed by atoms with Crippen molar-refractivity contribution in [2.45, 2.75) is 26.5 Å². The second-order valence-electron chi connectivity index (χ2n) is 8.40. The summed E-state index contributed by atoms with van der Waals surface area (Å²) < 4.78 is 1.29. The minimum absolute atomic E-state index is 0.0432. The fraction of sp³-hybridized carbons (Fsp3) is 0.231. The van der Waals surface area contributed by atoms with Crippen molar-refractivity contribution >= 4 is 28.8 Å². The van der Waals surface area contributed by atoms with Crippen molar-refractivity contribution in [1.29, 1.82) is 0 Å². The first kappa shape index (κ1) is 24.8. The molecule has 0 aliphatic rings. The number of imidazole rings is 1. The van der Waals surface area contributed by atoms with Gasteiger partial charge in [0, 0.05) is 29.2 Å². The van der Waals surface area contributed by atoms with Gasteiger partial charge in [-0.2, -0.15) is 0 Å². The Morgan fingerprint density at radius 1 is 1.22 bits per heavy atom. The molecule has 10 nitrogen and oxygen atoms in total. The Bertz CT molecular complexity index is 1390. The highest BCUT2D eigenvalue weighted by molar-refractivity contribution is 5.90. The number of carbonyl (C=O) groups is 1. The molecule has 0 aliphatic carbocycles. The van der Waals surface area contributed by atoms with Crippen molar-refractivity contribution in [1.82, 2.24) is 25.3 Å². The lowest BCUT2D eigenvalue weighted by atomic mass is 10.1. The molecule has 36 heavy (non-hydrogen) atoms. The maximum atomic E-state index is 12.0. The predicted octanol–water partition coefficient (Wildman–Crippen LogP) is 3.71. The number of nitrogens with zero attached hydrogens (tertiary/aromatic N) is 3. The maximum absolute atomic E-state index is 12.0. The highest BCUT2D eigenvalue weighted by atomic mass is 16.7. The molecule has 2 aromatic heterocycles. The van der Waals surface area contributed by atoms with Gasteiger partial charge in [0.05, 0.1) is 7.05 Å². The van der Waals surface area contributed by atoms with Crippen LogP contribution in [0.3, 0.4) is 0 Å². The zero-order valence-corrected chi connectivity index (χ0v) is 20.2. The first-order chi connectivity index (χ1) is 17.4. The molecule has 0 saturated carbocycles. The maximum Gasteiger partial charge on any atom is 0.434 e. The summed E-state index contributed by atoms with van der Waals surface area (Å²) in [6, 6.07) is 16.3. The smallest absolute Gasteiger partial charge is 0.390 e. The third kappa shape index (κ3) is 6.04. The Morgan fingerprint density at radius 2 is 2.00 bits per heavy atom. The van der Waals surface area contributed by atoms with Crippen molar-refractivity contribution in [2.75, 3.05) is 6.54 Å². The molecule has 186 valence electrons. The van der Waals surface area contributed by atoms with Crippen LogP contribution in [-0.2, 0) is 36.3 Å². The molecule has 2 heterocycles. The molecule has 4 aromatic rings. The number of benzene rings is 2. The van der Waals surface area contributed by atoms with Crippen LogP contribution in [0.2, 0.25) is 0 Å². The first-order valence-corrected chi connectivity index (χ1v) is 11.5. The number of aromatic amines is 1. The fourth-order valence-corrected chi connectivity index (χ4v) is 3.97. The quantitative estimate of drug-likeness (QED) is 0.128. The van der Waals surface area contributed by atoms with Gasteiger partial charge in [0.15, 0.2) is 0 Å². The number of para-hydroxylation sites is 1. The Hall–Kier alpha value is -4.28. The molecule has 1 amide bonds. The number of H-pyrrole nitrogens is 1. The molecule has 10 heteroatoms. The van der Waals surface area contributed by atoms with E-state index in [-0.39, 0.29) is 12.6 Å². The molecule has 0 unspecified atom stereocenters. The largest absolute Gasteiger partial charge is 0.434 e. The van der Waals surface area contributed by atoms with Crippen molar-refractivity contribution in [3.05, 3.63) is 99.0 Å². The highest BCUT2D eigenvalue weighted by Gasteiger charge is 2.17. The van der Waals surface area contributed by atoms with Gasteiger partial charge in [0.1, 0.15) is 18.5 Å². The van der Waals surface area contributed by atoms with Crippen LogP contribution in [0.5, 0.6) is 0 Å². The van der Waals surface area contributed by atoms with E-state index in [0.717, 1.165) is 30.6 Å². The van der Waals surface area contributed by atoms with E-state index in [1.165, 1.54) is 46.0 Å². The van der Waals surface area contributed by atoms with Crippen molar-refractivity contribution < 1.29 is 14.6 Å². The minimum Gasteiger partial charge on any atom is -0.390 e. The number of aryl methyl sites for hydroxylation is 1. The van der Waals surface area contributed by atoms with Gasteiger partial charge in [0.2, 0.25) is 0 Å². The van der Waals surface area contributed by atoms with Crippen molar-refractivity contribution in [2.24, 2.45) is 7.05 Å². The molecule has 0 radical (unpaired) electrons. The number of fused-ring (bicyclic) bond motifs is 1. The minimum atomic E-state index is -0.585. The average molecular weight is 489 g/mol. The third-order valence-electron chi connectivity index (χ3n) is 5.93. The fourth-order valence-electron chi connectivity index (χ4n) is 3.97. The summed E-state index contributed by atoms with van der Waals surface area (Å²) in [5, 5.41) is 15.6. The van der Waals surface area contributed by atoms with Gasteiger partial charge in [0.25, 0.3) is 5.91 Å². The number of carbonyl (C=O) groups excluding carboxylic acids is 1. The summed E-state index contributed by atoms with van der Waals surface area (Å²) in [5.74, 6) is -0.729. The molecule has 0 fully saturated rings. The lowest BCUT2D eigenvalue weighted by Gasteiger charge is -2.06. The lowest BCUT2D eigenvalue weighted by molar-refractivity contribution is -0.396. The molecule has 3 N–H and O–H groups in total. The van der Waals surface area contributed by atoms with Crippen LogP contribution in [0.25, 0.3) is 17.0 Å². The van der Waals surface area contributed by atoms with Crippen molar-refractivity contribution in [3.63, 3.8) is 0 Å². The van der Waals surface area contributed by atoms with Crippen LogP contribution < -0.4 is 10.8 Å². The van der Waals surface area contributed by atoms with Gasteiger partial charge in [-0.15, -0.1) is 0 Å². The van der Waals surface area contributed by atoms with E-state index < -0.39 is 10.8 Å². The average Bonchev–Trinajstić information content (AvgIpc) is 3.40. The van der Waals surface area contributed by atoms with E-state index in [1.54, 1.807) is 6.08 Å². The molecule has 0 saturated heterocycles. The van der Waals surface area contributed by atoms with Crippen LogP contribution in [0, 0.1) is 17.0 Å². The van der Waals surface area contributed by atoms with Crippen LogP contribution in [0.15, 0.2) is 60.8 Å². The van der Waals surface area contributed by atoms with Crippen LogP contribution >= 0.6 is 0 Å². The Kier molecular flexibility index (Phi) is 7.89. The molecule has 0 atom stereocenters. The Morgan fingerprint density at radius 3 is 2.75 bits per heavy atom. The number of nitrogens with one attached hydrogen (secondary N) is 3. The first-order valence-electron chi connectivity index (χ1n) is 11.5. The van der Waals surface area contributed by atoms with Crippen molar-refractivity contribution in [3.8, 4) is 0 Å². The summed E-state index contributed by atoms with van der Waals surface area (Å²) in [7, 11) is 1.51. The van der Waals surface area contributed by atoms with Gasteiger partial charge < -0.3 is 20.4 Å². The summed E-state index contributed by atoms with van der Waals surface area (Å²) in [6.45, 7) is 3.70. The van der Waals surface area contributed by atoms with E-state index in [9.17, 15) is 14.9 Å². The lowest BCUT2D eigenvalue weighted by Crippen LogP contribution is -2.21. The molecule has 2 aromatic carbocycles. The second-order valence-corrected chi connectivity index (χ2v) is 8.40. The SMILES string of the molecule is Cc1[nH]c2ccccc2c1CCNCc1ccc(/C=C/C(=O)NOCc2cnc([N+](=O)[O-])n2C)cc1. The number of amides is 1. The number of hydroxylamine groups is 1. The summed E-state index contributed by atoms with van der Waals surface area (Å²) in [4.78, 5) is 34.5. The Labute approximate surface area is 208 Å². The van der Waals surface area contributed by atoms with Crippen LogP contribution in [0.4, 0.5) is 5.95 Å². The molecule has 0 aliphatic heterocycles. The zero-order valence-electron chi connectivity index (χ0n) is 20.2. The van der Waals surface area contributed by atoms with Gasteiger partial charge in [-0.25, -0.2) is 10.0 Å². The number of aromatic nitrogens is 3. The van der Waals surface area contributed by atoms with Gasteiger partial charge in [-0.05, 0) is 53.6 Å². The highest BCUT2D eigenvalue weighted by Crippen LogP contribution is 2.22. The monoisotopic (exact) mass is 488 g/mol. The summed E-state index contributed by atoms with van der Waals surface area (Å²) >= 11 is 0. The van der Waals surface area contributed by atoms with E-state index in [0.29, 0.717) is 5.69 Å². The molecule has 0 spiro atoms. The number of hydrogen-bond donors (Lipinski definition) is 3. The standard InChI is InChI=1S/C26H28N6O4/c1-18-22(23-5-3-4-6-24(23)29-18)13-14-27-15-20-9-7-19(8-10-20)11-12-25(33)30-36-17-21-16-28-26(31(21)2)32(34)35/h3-12,16,27,29H,13-15,17H2,1-2H3,(H,30,33)/b12-11+. The second kappa shape index (κ2) is 11.4. The van der Waals surface area contributed by atoms with E-state index in [4.69, 9.17) is 4.84 Å². The van der Waals surface area contributed by atoms with E-state index >= 15 is 0 Å². The zero-order chi connectivity index (χ0) is 25.5. The summed E-state index contributed by atoms with van der Waals surface area (Å²) in [6.07, 6.45) is 5.33. The van der Waals surface area contributed by atoms with Gasteiger partial charge in [-0.3, -0.25) is 9.63 Å². The third-order valence-corrected chi connectivity index (χ3v) is 5.93. The number of hydrogen-bond acceptors (Lipinski definition) is 6. The molecule has 0 bridgehead atoms. The molecular formula is C26H28N6O4. The summed E-state index contributed by atoms with van der Waals surface area (Å²) in [5.41, 5.74) is 8.53. The number of rotatable bonds is 11. The predicted molar refractivity (Wildman–Crippen MR) is 137 cm³/mol. The topological polar surface area (TPSA) is 127 Å². The Balaban J connectivity index is 1.19. The van der Waals surface area contributed by atoms with E-state index in [2.05, 4.69) is 45.9 Å². The normalized spacial score (nSPS) is 11.4. The molecular weight excluding hydrogens is 460 g/mol. The van der Waals surface area contributed by atoms with Gasteiger partial charge in [-0.1, -0.05) is 47.4 Å². The number of nitro groups is 1. The molecule has 4 rings (SSSR count).